The highest BCUT2D eigenvalue weighted by atomic mass is 16.5. The first kappa shape index (κ1) is 14.0. The molecule has 0 unspecified atom stereocenters. The standard InChI is InChI=1S/C13H19N3O2/c1-13(2,3)8-18-11(17)9-4-6-10(7-5-9)16-12(14)15/h4-7H,8H2,1-3H3,(H4,14,15,16). The topological polar surface area (TPSA) is 90.7 Å². The lowest BCUT2D eigenvalue weighted by molar-refractivity contribution is 0.0367. The van der Waals surface area contributed by atoms with Crippen LogP contribution in [0, 0.1) is 5.41 Å². The first-order valence-electron chi connectivity index (χ1n) is 5.65. The largest absolute Gasteiger partial charge is 0.462 e. The molecule has 1 aromatic rings. The molecule has 0 aliphatic carbocycles. The summed E-state index contributed by atoms with van der Waals surface area (Å²) in [5.74, 6) is -0.362. The molecular weight excluding hydrogens is 230 g/mol. The zero-order valence-electron chi connectivity index (χ0n) is 10.9. The molecule has 1 aromatic carbocycles. The summed E-state index contributed by atoms with van der Waals surface area (Å²) in [6, 6.07) is 6.58. The zero-order valence-corrected chi connectivity index (χ0v) is 10.9. The summed E-state index contributed by atoms with van der Waals surface area (Å²) >= 11 is 0. The van der Waals surface area contributed by atoms with Crippen LogP contribution in [0.25, 0.3) is 0 Å². The average Bonchev–Trinajstić information content (AvgIpc) is 2.25. The number of hydrogen-bond acceptors (Lipinski definition) is 3. The van der Waals surface area contributed by atoms with Gasteiger partial charge in [-0.3, -0.25) is 0 Å². The van der Waals surface area contributed by atoms with Crippen LogP contribution >= 0.6 is 0 Å². The molecule has 0 spiro atoms. The highest BCUT2D eigenvalue weighted by Crippen LogP contribution is 2.16. The zero-order chi connectivity index (χ0) is 13.8. The van der Waals surface area contributed by atoms with E-state index in [1.54, 1.807) is 24.3 Å². The van der Waals surface area contributed by atoms with Gasteiger partial charge in [-0.15, -0.1) is 0 Å². The molecule has 0 aliphatic rings. The fourth-order valence-corrected chi connectivity index (χ4v) is 1.19. The summed E-state index contributed by atoms with van der Waals surface area (Å²) in [5.41, 5.74) is 11.5. The van der Waals surface area contributed by atoms with Crippen molar-refractivity contribution in [2.75, 3.05) is 6.61 Å². The number of guanidine groups is 1. The minimum atomic E-state index is -0.346. The Morgan fingerprint density at radius 1 is 1.22 bits per heavy atom. The number of ether oxygens (including phenoxy) is 1. The SMILES string of the molecule is CC(C)(C)COC(=O)c1ccc(N=C(N)N)cc1. The van der Waals surface area contributed by atoms with Gasteiger partial charge in [-0.25, -0.2) is 9.79 Å². The molecule has 5 heteroatoms. The van der Waals surface area contributed by atoms with Crippen LogP contribution in [-0.2, 0) is 4.74 Å². The predicted molar refractivity (Wildman–Crippen MR) is 71.6 cm³/mol. The molecule has 1 rings (SSSR count). The number of benzene rings is 1. The van der Waals surface area contributed by atoms with E-state index in [0.29, 0.717) is 17.9 Å². The van der Waals surface area contributed by atoms with Crippen LogP contribution in [-0.4, -0.2) is 18.5 Å². The molecule has 4 N–H and O–H groups in total. The molecule has 0 atom stereocenters. The Kier molecular flexibility index (Phi) is 4.31. The number of aliphatic imine (C=N–C) groups is 1. The minimum Gasteiger partial charge on any atom is -0.462 e. The van der Waals surface area contributed by atoms with E-state index >= 15 is 0 Å². The Morgan fingerprint density at radius 2 is 1.78 bits per heavy atom. The molecule has 0 saturated heterocycles. The minimum absolute atomic E-state index is 0.0157. The summed E-state index contributed by atoms with van der Waals surface area (Å²) in [5, 5.41) is 0. The first-order chi connectivity index (χ1) is 8.28. The smallest absolute Gasteiger partial charge is 0.338 e. The third-order valence-corrected chi connectivity index (χ3v) is 2.00. The number of carbonyl (C=O) groups is 1. The molecule has 0 amide bonds. The van der Waals surface area contributed by atoms with Crippen molar-refractivity contribution in [3.8, 4) is 0 Å². The molecular formula is C13H19N3O2. The van der Waals surface area contributed by atoms with Crippen LogP contribution < -0.4 is 11.5 Å². The van der Waals surface area contributed by atoms with Gasteiger partial charge >= 0.3 is 5.97 Å². The van der Waals surface area contributed by atoms with Crippen molar-refractivity contribution in [2.45, 2.75) is 20.8 Å². The quantitative estimate of drug-likeness (QED) is 0.485. The van der Waals surface area contributed by atoms with Gasteiger partial charge in [0.1, 0.15) is 0 Å². The van der Waals surface area contributed by atoms with E-state index in [0.717, 1.165) is 0 Å². The van der Waals surface area contributed by atoms with Crippen molar-refractivity contribution >= 4 is 17.6 Å². The molecule has 0 radical (unpaired) electrons. The number of carbonyl (C=O) groups excluding carboxylic acids is 1. The van der Waals surface area contributed by atoms with Crippen molar-refractivity contribution in [3.63, 3.8) is 0 Å². The predicted octanol–water partition coefficient (Wildman–Crippen LogP) is 1.79. The summed E-state index contributed by atoms with van der Waals surface area (Å²) in [6.45, 7) is 6.38. The Balaban J connectivity index is 2.68. The third-order valence-electron chi connectivity index (χ3n) is 2.00. The van der Waals surface area contributed by atoms with Crippen LogP contribution in [0.3, 0.4) is 0 Å². The summed E-state index contributed by atoms with van der Waals surface area (Å²) in [4.78, 5) is 15.6. The lowest BCUT2D eigenvalue weighted by Crippen LogP contribution is -2.21. The van der Waals surface area contributed by atoms with E-state index in [2.05, 4.69) is 4.99 Å². The maximum Gasteiger partial charge on any atom is 0.338 e. The van der Waals surface area contributed by atoms with Crippen molar-refractivity contribution in [1.29, 1.82) is 0 Å². The second-order valence-electron chi connectivity index (χ2n) is 5.22. The molecule has 98 valence electrons. The number of rotatable bonds is 3. The van der Waals surface area contributed by atoms with Gasteiger partial charge in [-0.05, 0) is 29.7 Å². The van der Waals surface area contributed by atoms with Gasteiger partial charge in [-0.2, -0.15) is 0 Å². The number of hydrogen-bond donors (Lipinski definition) is 2. The van der Waals surface area contributed by atoms with Crippen LogP contribution in [0.4, 0.5) is 5.69 Å². The molecule has 0 saturated carbocycles. The Hall–Kier alpha value is -2.04. The fraction of sp³-hybridized carbons (Fsp3) is 0.385. The summed E-state index contributed by atoms with van der Waals surface area (Å²) in [6.07, 6.45) is 0. The Morgan fingerprint density at radius 3 is 2.22 bits per heavy atom. The normalized spacial score (nSPS) is 10.8. The van der Waals surface area contributed by atoms with Gasteiger partial charge in [0, 0.05) is 0 Å². The second kappa shape index (κ2) is 5.53. The highest BCUT2D eigenvalue weighted by molar-refractivity contribution is 5.90. The monoisotopic (exact) mass is 249 g/mol. The fourth-order valence-electron chi connectivity index (χ4n) is 1.19. The molecule has 0 fully saturated rings. The number of nitrogens with zero attached hydrogens (tertiary/aromatic N) is 1. The van der Waals surface area contributed by atoms with Gasteiger partial charge in [0.05, 0.1) is 17.9 Å². The molecule has 18 heavy (non-hydrogen) atoms. The molecule has 0 bridgehead atoms. The van der Waals surface area contributed by atoms with Crippen LogP contribution in [0.1, 0.15) is 31.1 Å². The van der Waals surface area contributed by atoms with Crippen molar-refractivity contribution in [2.24, 2.45) is 21.9 Å². The van der Waals surface area contributed by atoms with Gasteiger partial charge in [0.15, 0.2) is 5.96 Å². The third kappa shape index (κ3) is 4.86. The van der Waals surface area contributed by atoms with E-state index < -0.39 is 0 Å². The van der Waals surface area contributed by atoms with Gasteiger partial charge in [-0.1, -0.05) is 20.8 Å². The number of esters is 1. The van der Waals surface area contributed by atoms with Gasteiger partial charge < -0.3 is 16.2 Å². The van der Waals surface area contributed by atoms with Gasteiger partial charge in [0.2, 0.25) is 0 Å². The Bertz CT molecular complexity index is 440. The van der Waals surface area contributed by atoms with E-state index in [1.165, 1.54) is 0 Å². The molecule has 0 heterocycles. The lowest BCUT2D eigenvalue weighted by atomic mass is 9.99. The average molecular weight is 249 g/mol. The van der Waals surface area contributed by atoms with Crippen molar-refractivity contribution in [1.82, 2.24) is 0 Å². The molecule has 5 nitrogen and oxygen atoms in total. The summed E-state index contributed by atoms with van der Waals surface area (Å²) in [7, 11) is 0. The van der Waals surface area contributed by atoms with E-state index in [1.807, 2.05) is 20.8 Å². The Labute approximate surface area is 107 Å². The van der Waals surface area contributed by atoms with Crippen LogP contribution in [0.2, 0.25) is 0 Å². The van der Waals surface area contributed by atoms with Crippen molar-refractivity contribution < 1.29 is 9.53 Å². The second-order valence-corrected chi connectivity index (χ2v) is 5.22. The maximum absolute atomic E-state index is 11.7. The van der Waals surface area contributed by atoms with Gasteiger partial charge in [0.25, 0.3) is 0 Å². The highest BCUT2D eigenvalue weighted by Gasteiger charge is 2.14. The molecule has 0 aliphatic heterocycles. The van der Waals surface area contributed by atoms with Crippen LogP contribution in [0.5, 0.6) is 0 Å². The van der Waals surface area contributed by atoms with Crippen molar-refractivity contribution in [3.05, 3.63) is 29.8 Å². The van der Waals surface area contributed by atoms with E-state index in [4.69, 9.17) is 16.2 Å². The molecule has 0 aromatic heterocycles. The lowest BCUT2D eigenvalue weighted by Gasteiger charge is -2.17. The number of nitrogens with two attached hydrogens (primary N) is 2. The maximum atomic E-state index is 11.7. The summed E-state index contributed by atoms with van der Waals surface area (Å²) < 4.78 is 5.19. The first-order valence-corrected chi connectivity index (χ1v) is 5.65. The van der Waals surface area contributed by atoms with E-state index in [9.17, 15) is 4.79 Å². The van der Waals surface area contributed by atoms with E-state index in [-0.39, 0.29) is 17.3 Å². The van der Waals surface area contributed by atoms with Crippen LogP contribution in [0.15, 0.2) is 29.3 Å².